The van der Waals surface area contributed by atoms with Crippen LogP contribution < -0.4 is 0 Å². The van der Waals surface area contributed by atoms with E-state index >= 15 is 0 Å². The highest BCUT2D eigenvalue weighted by Crippen LogP contribution is 2.62. The molecule has 0 unspecified atom stereocenters. The number of allylic oxidation sites excluding steroid dienone is 4. The molecule has 3 nitrogen and oxygen atoms in total. The van der Waals surface area contributed by atoms with Crippen LogP contribution in [-0.2, 0) is 14.0 Å². The van der Waals surface area contributed by atoms with Crippen molar-refractivity contribution in [3.8, 4) is 0 Å². The summed E-state index contributed by atoms with van der Waals surface area (Å²) in [7, 11) is -1.86. The average Bonchev–Trinajstić information content (AvgIpc) is 2.88. The van der Waals surface area contributed by atoms with Crippen molar-refractivity contribution < 1.29 is 14.0 Å². The van der Waals surface area contributed by atoms with Crippen molar-refractivity contribution in [3.05, 3.63) is 23.5 Å². The van der Waals surface area contributed by atoms with Crippen LogP contribution in [0.5, 0.6) is 0 Å². The minimum absolute atomic E-state index is 0.0668. The van der Waals surface area contributed by atoms with E-state index in [1.807, 2.05) is 0 Å². The van der Waals surface area contributed by atoms with E-state index < -0.39 is 13.7 Å². The quantitative estimate of drug-likeness (QED) is 0.504. The van der Waals surface area contributed by atoms with Crippen LogP contribution in [0.15, 0.2) is 23.5 Å². The molecule has 4 rings (SSSR count). The summed E-state index contributed by atoms with van der Waals surface area (Å²) in [6.07, 6.45) is 9.55. The molecule has 29 heavy (non-hydrogen) atoms. The van der Waals surface area contributed by atoms with Crippen LogP contribution in [0.3, 0.4) is 0 Å². The Bertz CT molecular complexity index is 814. The number of hydrogen-bond acceptors (Lipinski definition) is 3. The van der Waals surface area contributed by atoms with Crippen LogP contribution in [0.2, 0.25) is 18.1 Å². The maximum Gasteiger partial charge on any atom is 0.250 e. The lowest BCUT2D eigenvalue weighted by molar-refractivity contribution is -0.147. The molecule has 2 fully saturated rings. The van der Waals surface area contributed by atoms with Gasteiger partial charge >= 0.3 is 0 Å². The zero-order valence-electron chi connectivity index (χ0n) is 19.4. The molecule has 0 radical (unpaired) electrons. The van der Waals surface area contributed by atoms with Gasteiger partial charge in [0.2, 0.25) is 8.32 Å². The second-order valence-corrected chi connectivity index (χ2v) is 16.8. The monoisotopic (exact) mass is 414 g/mol. The Balaban J connectivity index is 1.65. The number of hydrogen-bond donors (Lipinski definition) is 0. The van der Waals surface area contributed by atoms with Gasteiger partial charge in [0.15, 0.2) is 0 Å². The molecule has 0 saturated heterocycles. The third kappa shape index (κ3) is 3.04. The third-order valence-corrected chi connectivity index (χ3v) is 13.7. The summed E-state index contributed by atoms with van der Waals surface area (Å²) in [5, 5.41) is 0.180. The normalized spacial score (nSPS) is 39.9. The maximum absolute atomic E-state index is 13.4. The highest BCUT2D eigenvalue weighted by Gasteiger charge is 2.61. The highest BCUT2D eigenvalue weighted by molar-refractivity contribution is 6.74. The molecule has 5 atom stereocenters. The van der Waals surface area contributed by atoms with Gasteiger partial charge in [0.05, 0.1) is 5.76 Å². The first-order valence-electron chi connectivity index (χ1n) is 11.5. The molecule has 0 N–H and O–H groups in total. The second-order valence-electron chi connectivity index (χ2n) is 12.1. The predicted octanol–water partition coefficient (Wildman–Crippen LogP) is 6.21. The molecule has 0 heterocycles. The SMILES string of the molecule is CC(C)(C)[Si](C)(C)OC1=CC2=CC[C@@H]3[C@H](C(=O)C[C@]4(C)C(=O)CC[C@@H]34)[C@@]2(C)CC1. The Morgan fingerprint density at radius 3 is 2.45 bits per heavy atom. The van der Waals surface area contributed by atoms with Crippen molar-refractivity contribution in [2.24, 2.45) is 28.6 Å². The first-order chi connectivity index (χ1) is 13.3. The van der Waals surface area contributed by atoms with Gasteiger partial charge in [-0.3, -0.25) is 9.59 Å². The lowest BCUT2D eigenvalue weighted by Crippen LogP contribution is -2.54. The Labute approximate surface area is 177 Å². The van der Waals surface area contributed by atoms with E-state index in [1.165, 1.54) is 5.57 Å². The molecule has 0 aliphatic heterocycles. The Morgan fingerprint density at radius 2 is 1.79 bits per heavy atom. The van der Waals surface area contributed by atoms with Crippen molar-refractivity contribution in [1.29, 1.82) is 0 Å². The summed E-state index contributed by atoms with van der Waals surface area (Å²) in [4.78, 5) is 26.0. The molecule has 0 amide bonds. The number of carbonyl (C=O) groups excluding carboxylic acids is 2. The molecule has 160 valence electrons. The summed E-state index contributed by atoms with van der Waals surface area (Å²) < 4.78 is 6.63. The van der Waals surface area contributed by atoms with Gasteiger partial charge < -0.3 is 4.43 Å². The standard InChI is InChI=1S/C25H38O3Si/c1-23(2,3)29(6,7)28-17-12-13-24(4)16(14-17)8-9-18-19-10-11-21(27)25(19,5)15-20(26)22(18)24/h8,14,18-19,22H,9-13,15H2,1-7H3/t18-,19-,22+,24-,25-/m0/s1. The first kappa shape index (κ1) is 21.1. The molecule has 0 aromatic carbocycles. The summed E-state index contributed by atoms with van der Waals surface area (Å²) in [6.45, 7) is 15.8. The fraction of sp³-hybridized carbons (Fsp3) is 0.760. The van der Waals surface area contributed by atoms with E-state index in [0.717, 1.165) is 31.4 Å². The lowest BCUT2D eigenvalue weighted by Gasteiger charge is -2.54. The van der Waals surface area contributed by atoms with Crippen LogP contribution in [0.1, 0.15) is 73.1 Å². The van der Waals surface area contributed by atoms with Crippen molar-refractivity contribution in [1.82, 2.24) is 0 Å². The van der Waals surface area contributed by atoms with Gasteiger partial charge in [-0.25, -0.2) is 0 Å². The number of Topliss-reactive ketones (excluding diaryl/α,β-unsaturated/α-hetero) is 2. The van der Waals surface area contributed by atoms with E-state index in [9.17, 15) is 9.59 Å². The van der Waals surface area contributed by atoms with Crippen LogP contribution in [0.25, 0.3) is 0 Å². The molecule has 0 aromatic heterocycles. The van der Waals surface area contributed by atoms with Crippen molar-refractivity contribution in [3.63, 3.8) is 0 Å². The predicted molar refractivity (Wildman–Crippen MR) is 119 cm³/mol. The minimum atomic E-state index is -1.86. The molecule has 4 aliphatic carbocycles. The van der Waals surface area contributed by atoms with E-state index in [2.05, 4.69) is 59.9 Å². The molecular formula is C25H38O3Si. The molecule has 4 heteroatoms. The van der Waals surface area contributed by atoms with Gasteiger partial charge in [0, 0.05) is 36.0 Å². The Hall–Kier alpha value is -1.16. The second kappa shape index (κ2) is 6.42. The summed E-state index contributed by atoms with van der Waals surface area (Å²) >= 11 is 0. The van der Waals surface area contributed by atoms with Gasteiger partial charge in [-0.15, -0.1) is 0 Å². The summed E-state index contributed by atoms with van der Waals surface area (Å²) in [6, 6.07) is 0. The lowest BCUT2D eigenvalue weighted by atomic mass is 9.48. The molecule has 0 bridgehead atoms. The molecule has 0 spiro atoms. The Kier molecular flexibility index (Phi) is 4.67. The highest BCUT2D eigenvalue weighted by atomic mass is 28.4. The molecule has 0 aromatic rings. The number of rotatable bonds is 2. The van der Waals surface area contributed by atoms with Gasteiger partial charge in [-0.2, -0.15) is 0 Å². The molecule has 4 aliphatic rings. The first-order valence-corrected chi connectivity index (χ1v) is 14.4. The van der Waals surface area contributed by atoms with E-state index in [-0.39, 0.29) is 16.4 Å². The molecular weight excluding hydrogens is 376 g/mol. The third-order valence-electron chi connectivity index (χ3n) is 9.33. The van der Waals surface area contributed by atoms with Crippen LogP contribution in [0.4, 0.5) is 0 Å². The molecule has 2 saturated carbocycles. The van der Waals surface area contributed by atoms with Crippen LogP contribution in [0, 0.1) is 28.6 Å². The smallest absolute Gasteiger partial charge is 0.250 e. The summed E-state index contributed by atoms with van der Waals surface area (Å²) in [5.74, 6) is 2.54. The van der Waals surface area contributed by atoms with Crippen LogP contribution in [-0.4, -0.2) is 19.9 Å². The van der Waals surface area contributed by atoms with Crippen molar-refractivity contribution in [2.45, 2.75) is 91.3 Å². The van der Waals surface area contributed by atoms with E-state index in [4.69, 9.17) is 4.43 Å². The fourth-order valence-electron chi connectivity index (χ4n) is 6.47. The van der Waals surface area contributed by atoms with Gasteiger partial charge in [-0.05, 0) is 60.9 Å². The number of ketones is 2. The van der Waals surface area contributed by atoms with Crippen molar-refractivity contribution >= 4 is 19.9 Å². The summed E-state index contributed by atoms with van der Waals surface area (Å²) in [5.41, 5.74) is 0.800. The van der Waals surface area contributed by atoms with Gasteiger partial charge in [0.25, 0.3) is 0 Å². The topological polar surface area (TPSA) is 43.4 Å². The van der Waals surface area contributed by atoms with Gasteiger partial charge in [-0.1, -0.05) is 40.7 Å². The average molecular weight is 415 g/mol. The van der Waals surface area contributed by atoms with Crippen LogP contribution >= 0.6 is 0 Å². The van der Waals surface area contributed by atoms with Crippen molar-refractivity contribution in [2.75, 3.05) is 0 Å². The largest absolute Gasteiger partial charge is 0.547 e. The minimum Gasteiger partial charge on any atom is -0.547 e. The number of fused-ring (bicyclic) bond motifs is 5. The maximum atomic E-state index is 13.4. The zero-order valence-corrected chi connectivity index (χ0v) is 20.4. The van der Waals surface area contributed by atoms with Gasteiger partial charge in [0.1, 0.15) is 11.6 Å². The fourth-order valence-corrected chi connectivity index (χ4v) is 7.60. The number of carbonyl (C=O) groups is 2. The van der Waals surface area contributed by atoms with E-state index in [1.54, 1.807) is 0 Å². The Morgan fingerprint density at radius 1 is 1.10 bits per heavy atom. The van der Waals surface area contributed by atoms with E-state index in [0.29, 0.717) is 36.2 Å². The zero-order chi connectivity index (χ0) is 21.4.